The number of nitrogens with one attached hydrogen (secondary N) is 1. The predicted octanol–water partition coefficient (Wildman–Crippen LogP) is 4.64. The van der Waals surface area contributed by atoms with E-state index in [1.807, 2.05) is 12.1 Å². The van der Waals surface area contributed by atoms with E-state index in [9.17, 15) is 9.18 Å². The van der Waals surface area contributed by atoms with Crippen LogP contribution in [0.15, 0.2) is 42.5 Å². The van der Waals surface area contributed by atoms with Crippen molar-refractivity contribution in [2.75, 3.05) is 0 Å². The van der Waals surface area contributed by atoms with Gasteiger partial charge in [0, 0.05) is 5.56 Å². The highest BCUT2D eigenvalue weighted by Gasteiger charge is 2.39. The molecule has 130 valence electrons. The zero-order valence-electron chi connectivity index (χ0n) is 13.7. The molecule has 0 aliphatic heterocycles. The van der Waals surface area contributed by atoms with Crippen LogP contribution in [0.1, 0.15) is 47.5 Å². The van der Waals surface area contributed by atoms with Crippen LogP contribution in [0.4, 0.5) is 4.39 Å². The fraction of sp³-hybridized carbons (Fsp3) is 0.350. The fourth-order valence-electron chi connectivity index (χ4n) is 4.35. The molecule has 0 aromatic heterocycles. The molecule has 0 heterocycles. The van der Waals surface area contributed by atoms with Gasteiger partial charge in [0.2, 0.25) is 0 Å². The van der Waals surface area contributed by atoms with Gasteiger partial charge in [-0.2, -0.15) is 0 Å². The molecule has 0 radical (unpaired) electrons. The third-order valence-corrected chi connectivity index (χ3v) is 5.57. The number of carbonyl (C=O) groups is 1. The van der Waals surface area contributed by atoms with Gasteiger partial charge in [0.15, 0.2) is 11.6 Å². The minimum absolute atomic E-state index is 0.0268. The summed E-state index contributed by atoms with van der Waals surface area (Å²) in [6, 6.07) is 11.7. The van der Waals surface area contributed by atoms with E-state index in [-0.39, 0.29) is 11.3 Å². The highest BCUT2D eigenvalue weighted by molar-refractivity contribution is 5.93. The van der Waals surface area contributed by atoms with Crippen LogP contribution < -0.4 is 10.2 Å². The minimum atomic E-state index is -0.763. The Bertz CT molecular complexity index is 790. The summed E-state index contributed by atoms with van der Waals surface area (Å²) in [5.74, 6) is 1.56. The van der Waals surface area contributed by atoms with Crippen LogP contribution in [0.25, 0.3) is 0 Å². The van der Waals surface area contributed by atoms with E-state index in [1.165, 1.54) is 48.9 Å². The molecular weight excluding hydrogens is 321 g/mol. The molecule has 1 amide bonds. The van der Waals surface area contributed by atoms with Crippen molar-refractivity contribution in [1.29, 1.82) is 0 Å². The van der Waals surface area contributed by atoms with Crippen molar-refractivity contribution >= 4 is 5.91 Å². The monoisotopic (exact) mass is 341 g/mol. The lowest BCUT2D eigenvalue weighted by Gasteiger charge is -2.22. The van der Waals surface area contributed by atoms with Crippen molar-refractivity contribution in [3.05, 3.63) is 59.4 Å². The molecule has 2 saturated carbocycles. The first-order chi connectivity index (χ1) is 12.1. The average Bonchev–Trinajstić information content (AvgIpc) is 3.27. The third kappa shape index (κ3) is 3.12. The molecule has 5 heteroatoms. The Labute approximate surface area is 145 Å². The molecule has 3 atom stereocenters. The van der Waals surface area contributed by atoms with Gasteiger partial charge in [0.25, 0.3) is 5.91 Å². The van der Waals surface area contributed by atoms with Crippen molar-refractivity contribution < 1.29 is 19.1 Å². The van der Waals surface area contributed by atoms with Crippen molar-refractivity contribution in [3.63, 3.8) is 0 Å². The van der Waals surface area contributed by atoms with Gasteiger partial charge >= 0.3 is 0 Å². The van der Waals surface area contributed by atoms with Gasteiger partial charge in [0.1, 0.15) is 5.75 Å². The summed E-state index contributed by atoms with van der Waals surface area (Å²) in [5.41, 5.74) is 2.84. The highest BCUT2D eigenvalue weighted by Crippen LogP contribution is 2.52. The molecule has 2 bridgehead atoms. The van der Waals surface area contributed by atoms with Crippen LogP contribution in [0.5, 0.6) is 11.5 Å². The molecule has 2 fully saturated rings. The molecule has 0 spiro atoms. The molecule has 2 aliphatic rings. The molecule has 2 N–H and O–H groups in total. The van der Waals surface area contributed by atoms with Crippen molar-refractivity contribution in [1.82, 2.24) is 5.48 Å². The number of halogens is 1. The first-order valence-electron chi connectivity index (χ1n) is 8.66. The first kappa shape index (κ1) is 16.1. The number of amides is 1. The maximum Gasteiger partial charge on any atom is 0.274 e. The van der Waals surface area contributed by atoms with Crippen LogP contribution in [0.3, 0.4) is 0 Å². The van der Waals surface area contributed by atoms with E-state index in [2.05, 4.69) is 12.1 Å². The highest BCUT2D eigenvalue weighted by atomic mass is 19.1. The topological polar surface area (TPSA) is 58.6 Å². The molecule has 2 aliphatic carbocycles. The average molecular weight is 341 g/mol. The second-order valence-electron chi connectivity index (χ2n) is 7.04. The number of benzene rings is 2. The largest absolute Gasteiger partial charge is 0.454 e. The summed E-state index contributed by atoms with van der Waals surface area (Å²) < 4.78 is 19.7. The quantitative estimate of drug-likeness (QED) is 0.629. The molecule has 3 unspecified atom stereocenters. The minimum Gasteiger partial charge on any atom is -0.454 e. The number of hydroxylamine groups is 1. The normalized spacial score (nSPS) is 24.3. The zero-order chi connectivity index (χ0) is 17.4. The number of ether oxygens (including phenoxy) is 1. The van der Waals surface area contributed by atoms with Crippen LogP contribution in [-0.4, -0.2) is 11.1 Å². The van der Waals surface area contributed by atoms with Crippen LogP contribution in [0, 0.1) is 17.7 Å². The van der Waals surface area contributed by atoms with Gasteiger partial charge in [-0.1, -0.05) is 18.6 Å². The predicted molar refractivity (Wildman–Crippen MR) is 90.4 cm³/mol. The Balaban J connectivity index is 1.47. The van der Waals surface area contributed by atoms with E-state index >= 15 is 0 Å². The van der Waals surface area contributed by atoms with Gasteiger partial charge in [-0.3, -0.25) is 10.0 Å². The lowest BCUT2D eigenvalue weighted by molar-refractivity contribution is 0.0706. The summed E-state index contributed by atoms with van der Waals surface area (Å²) in [6.45, 7) is 0. The van der Waals surface area contributed by atoms with E-state index in [0.717, 1.165) is 17.9 Å². The molecule has 0 saturated heterocycles. The lowest BCUT2D eigenvalue weighted by Crippen LogP contribution is -2.18. The Morgan fingerprint density at radius 2 is 1.92 bits per heavy atom. The van der Waals surface area contributed by atoms with Crippen molar-refractivity contribution in [2.24, 2.45) is 11.8 Å². The summed E-state index contributed by atoms with van der Waals surface area (Å²) in [4.78, 5) is 11.3. The number of carbonyl (C=O) groups excluding carboxylic acids is 1. The summed E-state index contributed by atoms with van der Waals surface area (Å²) in [5, 5.41) is 8.59. The van der Waals surface area contributed by atoms with Crippen LogP contribution in [-0.2, 0) is 0 Å². The Hall–Kier alpha value is -2.40. The van der Waals surface area contributed by atoms with Crippen molar-refractivity contribution in [3.8, 4) is 11.5 Å². The van der Waals surface area contributed by atoms with E-state index in [4.69, 9.17) is 9.94 Å². The van der Waals surface area contributed by atoms with Gasteiger partial charge in [0.05, 0.1) is 0 Å². The molecule has 2 aromatic rings. The van der Waals surface area contributed by atoms with Crippen LogP contribution in [0.2, 0.25) is 0 Å². The second kappa shape index (κ2) is 6.48. The number of hydrogen-bond donors (Lipinski definition) is 2. The molecule has 25 heavy (non-hydrogen) atoms. The number of hydrogen-bond acceptors (Lipinski definition) is 3. The SMILES string of the molecule is O=C(NO)c1ccc(Oc2ccc(C3CC4CCC3C4)cc2)c(F)c1. The second-order valence-corrected chi connectivity index (χ2v) is 7.04. The summed E-state index contributed by atoms with van der Waals surface area (Å²) >= 11 is 0. The fourth-order valence-corrected chi connectivity index (χ4v) is 4.35. The van der Waals surface area contributed by atoms with Gasteiger partial charge in [-0.25, -0.2) is 9.87 Å². The maximum atomic E-state index is 14.1. The Morgan fingerprint density at radius 1 is 1.12 bits per heavy atom. The van der Waals surface area contributed by atoms with Crippen LogP contribution >= 0.6 is 0 Å². The third-order valence-electron chi connectivity index (χ3n) is 5.57. The number of fused-ring (bicyclic) bond motifs is 2. The summed E-state index contributed by atoms with van der Waals surface area (Å²) in [6.07, 6.45) is 5.37. The summed E-state index contributed by atoms with van der Waals surface area (Å²) in [7, 11) is 0. The maximum absolute atomic E-state index is 14.1. The molecule has 4 rings (SSSR count). The van der Waals surface area contributed by atoms with Gasteiger partial charge < -0.3 is 4.74 Å². The van der Waals surface area contributed by atoms with Gasteiger partial charge in [-0.05, 0) is 72.9 Å². The number of rotatable bonds is 4. The Morgan fingerprint density at radius 3 is 2.52 bits per heavy atom. The zero-order valence-corrected chi connectivity index (χ0v) is 13.7. The van der Waals surface area contributed by atoms with Crippen molar-refractivity contribution in [2.45, 2.75) is 31.6 Å². The van der Waals surface area contributed by atoms with E-state index in [0.29, 0.717) is 11.7 Å². The molecule has 4 nitrogen and oxygen atoms in total. The molecule has 2 aromatic carbocycles. The Kier molecular flexibility index (Phi) is 4.17. The lowest BCUT2D eigenvalue weighted by atomic mass is 9.83. The standard InChI is InChI=1S/C20H20FNO3/c21-18-11-15(20(23)22-24)5-8-19(18)25-16-6-3-13(4-7-16)17-10-12-1-2-14(17)9-12/h3-8,11-12,14,17,24H,1-2,9-10H2,(H,22,23). The van der Waals surface area contributed by atoms with E-state index < -0.39 is 11.7 Å². The van der Waals surface area contributed by atoms with Gasteiger partial charge in [-0.15, -0.1) is 0 Å². The smallest absolute Gasteiger partial charge is 0.274 e. The first-order valence-corrected chi connectivity index (χ1v) is 8.66. The van der Waals surface area contributed by atoms with E-state index in [1.54, 1.807) is 0 Å². The molecular formula is C20H20FNO3.